The van der Waals surface area contributed by atoms with E-state index in [1.807, 2.05) is 36.4 Å². The van der Waals surface area contributed by atoms with Gasteiger partial charge in [-0.05, 0) is 24.3 Å². The molecule has 2 aromatic heterocycles. The smallest absolute Gasteiger partial charge is 0.253 e. The van der Waals surface area contributed by atoms with E-state index in [-0.39, 0.29) is 18.4 Å². The summed E-state index contributed by atoms with van der Waals surface area (Å²) in [6, 6.07) is 14.9. The molecule has 0 fully saturated rings. The van der Waals surface area contributed by atoms with Crippen LogP contribution in [0.5, 0.6) is 0 Å². The molecular weight excluding hydrogens is 368 g/mol. The quantitative estimate of drug-likeness (QED) is 0.471. The van der Waals surface area contributed by atoms with Crippen LogP contribution in [-0.2, 0) is 17.9 Å². The minimum absolute atomic E-state index is 0.108. The summed E-state index contributed by atoms with van der Waals surface area (Å²) >= 11 is 0. The van der Waals surface area contributed by atoms with Crippen LogP contribution in [-0.4, -0.2) is 31.6 Å². The number of H-pyrrole nitrogens is 1. The fraction of sp³-hybridized carbons (Fsp3) is 0.143. The molecule has 146 valence electrons. The maximum absolute atomic E-state index is 12.8. The molecule has 4 rings (SSSR count). The number of fused-ring (bicyclic) bond motifs is 1. The largest absolute Gasteiger partial charge is 0.352 e. The number of carbonyl (C=O) groups excluding carboxylic acids is 2. The molecule has 2 heterocycles. The molecule has 0 aliphatic carbocycles. The van der Waals surface area contributed by atoms with Crippen LogP contribution in [0.25, 0.3) is 16.7 Å². The van der Waals surface area contributed by atoms with Crippen LogP contribution < -0.4 is 10.6 Å². The summed E-state index contributed by atoms with van der Waals surface area (Å²) in [5, 5.41) is 9.96. The summed E-state index contributed by atoms with van der Waals surface area (Å²) in [5.74, 6) is 0.358. The van der Waals surface area contributed by atoms with E-state index in [1.54, 1.807) is 29.2 Å². The number of hydrogen-bond donors (Lipinski definition) is 3. The van der Waals surface area contributed by atoms with Crippen molar-refractivity contribution in [2.45, 2.75) is 20.0 Å². The summed E-state index contributed by atoms with van der Waals surface area (Å²) in [4.78, 5) is 31.6. The number of carbonyl (C=O) groups is 2. The lowest BCUT2D eigenvalue weighted by molar-refractivity contribution is -0.119. The van der Waals surface area contributed by atoms with E-state index >= 15 is 0 Å². The standard InChI is InChI=1S/C21H20N6O2/c1-14(28)22-10-15-11-24-27(13-15)19-9-5-2-6-16(19)21(29)23-12-20-25-17-7-3-4-8-18(17)26-20/h2-9,11,13H,10,12H2,1H3,(H,22,28)(H,23,29)(H,25,26). The number of aromatic nitrogens is 4. The number of rotatable bonds is 6. The summed E-state index contributed by atoms with van der Waals surface area (Å²) in [5.41, 5.74) is 3.79. The van der Waals surface area contributed by atoms with Crippen LogP contribution in [0.4, 0.5) is 0 Å². The van der Waals surface area contributed by atoms with E-state index in [4.69, 9.17) is 0 Å². The molecule has 8 heteroatoms. The lowest BCUT2D eigenvalue weighted by Crippen LogP contribution is -2.24. The molecule has 8 nitrogen and oxygen atoms in total. The highest BCUT2D eigenvalue weighted by atomic mass is 16.2. The average Bonchev–Trinajstić information content (AvgIpc) is 3.37. The Balaban J connectivity index is 1.50. The first kappa shape index (κ1) is 18.4. The second kappa shape index (κ2) is 7.97. The second-order valence-electron chi connectivity index (χ2n) is 6.60. The van der Waals surface area contributed by atoms with Crippen molar-refractivity contribution in [3.8, 4) is 5.69 Å². The molecule has 0 saturated carbocycles. The van der Waals surface area contributed by atoms with E-state index in [0.29, 0.717) is 23.6 Å². The minimum atomic E-state index is -0.222. The van der Waals surface area contributed by atoms with Crippen LogP contribution in [0.3, 0.4) is 0 Å². The molecule has 0 saturated heterocycles. The highest BCUT2D eigenvalue weighted by Gasteiger charge is 2.14. The van der Waals surface area contributed by atoms with Crippen molar-refractivity contribution in [1.82, 2.24) is 30.4 Å². The first-order chi connectivity index (χ1) is 14.1. The van der Waals surface area contributed by atoms with Gasteiger partial charge in [-0.3, -0.25) is 9.59 Å². The molecule has 2 aromatic carbocycles. The Bertz CT molecular complexity index is 1140. The Kier molecular flexibility index (Phi) is 5.07. The van der Waals surface area contributed by atoms with E-state index in [9.17, 15) is 9.59 Å². The molecule has 0 spiro atoms. The van der Waals surface area contributed by atoms with Gasteiger partial charge in [0.1, 0.15) is 5.82 Å². The van der Waals surface area contributed by atoms with E-state index < -0.39 is 0 Å². The van der Waals surface area contributed by atoms with Crippen molar-refractivity contribution in [1.29, 1.82) is 0 Å². The number of imidazole rings is 1. The van der Waals surface area contributed by atoms with Gasteiger partial charge in [0.15, 0.2) is 0 Å². The molecular formula is C21H20N6O2. The normalized spacial score (nSPS) is 10.8. The fourth-order valence-electron chi connectivity index (χ4n) is 3.02. The number of hydrogen-bond acceptors (Lipinski definition) is 4. The average molecular weight is 388 g/mol. The van der Waals surface area contributed by atoms with Crippen molar-refractivity contribution >= 4 is 22.8 Å². The molecule has 0 radical (unpaired) electrons. The molecule has 0 bridgehead atoms. The fourth-order valence-corrected chi connectivity index (χ4v) is 3.02. The second-order valence-corrected chi connectivity index (χ2v) is 6.60. The lowest BCUT2D eigenvalue weighted by atomic mass is 10.1. The van der Waals surface area contributed by atoms with E-state index in [0.717, 1.165) is 16.6 Å². The van der Waals surface area contributed by atoms with Crippen LogP contribution in [0.15, 0.2) is 60.9 Å². The van der Waals surface area contributed by atoms with Gasteiger partial charge in [0.05, 0.1) is 35.0 Å². The number of amides is 2. The third-order valence-corrected chi connectivity index (χ3v) is 4.43. The molecule has 0 aliphatic heterocycles. The van der Waals surface area contributed by atoms with Crippen molar-refractivity contribution in [3.63, 3.8) is 0 Å². The SMILES string of the molecule is CC(=O)NCc1cnn(-c2ccccc2C(=O)NCc2nc3ccccc3[nH]2)c1. The van der Waals surface area contributed by atoms with Crippen molar-refractivity contribution in [2.75, 3.05) is 0 Å². The molecule has 2 amide bonds. The highest BCUT2D eigenvalue weighted by molar-refractivity contribution is 5.97. The van der Waals surface area contributed by atoms with E-state index in [2.05, 4.69) is 25.7 Å². The van der Waals surface area contributed by atoms with Gasteiger partial charge in [-0.1, -0.05) is 24.3 Å². The highest BCUT2D eigenvalue weighted by Crippen LogP contribution is 2.15. The summed E-state index contributed by atoms with van der Waals surface area (Å²) in [6.45, 7) is 2.14. The van der Waals surface area contributed by atoms with Crippen LogP contribution in [0.1, 0.15) is 28.7 Å². The Morgan fingerprint density at radius 3 is 2.66 bits per heavy atom. The number of benzene rings is 2. The number of aromatic amines is 1. The van der Waals surface area contributed by atoms with Gasteiger partial charge in [0, 0.05) is 25.2 Å². The van der Waals surface area contributed by atoms with Gasteiger partial charge in [-0.2, -0.15) is 5.10 Å². The Morgan fingerprint density at radius 1 is 1.03 bits per heavy atom. The van der Waals surface area contributed by atoms with Crippen molar-refractivity contribution in [2.24, 2.45) is 0 Å². The Morgan fingerprint density at radius 2 is 1.83 bits per heavy atom. The third-order valence-electron chi connectivity index (χ3n) is 4.43. The molecule has 3 N–H and O–H groups in total. The summed E-state index contributed by atoms with van der Waals surface area (Å²) in [6.07, 6.45) is 3.46. The number of nitrogens with one attached hydrogen (secondary N) is 3. The van der Waals surface area contributed by atoms with Gasteiger partial charge < -0.3 is 15.6 Å². The van der Waals surface area contributed by atoms with Crippen LogP contribution in [0.2, 0.25) is 0 Å². The van der Waals surface area contributed by atoms with E-state index in [1.165, 1.54) is 6.92 Å². The number of para-hydroxylation sites is 3. The van der Waals surface area contributed by atoms with Gasteiger partial charge in [-0.15, -0.1) is 0 Å². The zero-order chi connectivity index (χ0) is 20.2. The molecule has 4 aromatic rings. The lowest BCUT2D eigenvalue weighted by Gasteiger charge is -2.09. The predicted molar refractivity (Wildman–Crippen MR) is 108 cm³/mol. The molecule has 0 unspecified atom stereocenters. The predicted octanol–water partition coefficient (Wildman–Crippen LogP) is 2.31. The van der Waals surface area contributed by atoms with Crippen LogP contribution >= 0.6 is 0 Å². The maximum Gasteiger partial charge on any atom is 0.253 e. The van der Waals surface area contributed by atoms with Gasteiger partial charge in [-0.25, -0.2) is 9.67 Å². The maximum atomic E-state index is 12.8. The van der Waals surface area contributed by atoms with Gasteiger partial charge >= 0.3 is 0 Å². The summed E-state index contributed by atoms with van der Waals surface area (Å²) in [7, 11) is 0. The zero-order valence-electron chi connectivity index (χ0n) is 15.8. The van der Waals surface area contributed by atoms with Gasteiger partial charge in [0.2, 0.25) is 5.91 Å². The first-order valence-electron chi connectivity index (χ1n) is 9.19. The topological polar surface area (TPSA) is 105 Å². The van der Waals surface area contributed by atoms with Crippen molar-refractivity contribution in [3.05, 3.63) is 77.9 Å². The molecule has 0 aliphatic rings. The van der Waals surface area contributed by atoms with Gasteiger partial charge in [0.25, 0.3) is 5.91 Å². The molecule has 0 atom stereocenters. The van der Waals surface area contributed by atoms with Crippen molar-refractivity contribution < 1.29 is 9.59 Å². The first-order valence-corrected chi connectivity index (χ1v) is 9.19. The minimum Gasteiger partial charge on any atom is -0.352 e. The third kappa shape index (κ3) is 4.16. The number of nitrogens with zero attached hydrogens (tertiary/aromatic N) is 3. The van der Waals surface area contributed by atoms with Crippen LogP contribution in [0, 0.1) is 0 Å². The Labute approximate surface area is 167 Å². The Hall–Kier alpha value is -3.94. The summed E-state index contributed by atoms with van der Waals surface area (Å²) < 4.78 is 1.63. The zero-order valence-corrected chi connectivity index (χ0v) is 15.8. The monoisotopic (exact) mass is 388 g/mol. The molecule has 29 heavy (non-hydrogen) atoms.